The lowest BCUT2D eigenvalue weighted by molar-refractivity contribution is 0.593. The first kappa shape index (κ1) is 13.7. The van der Waals surface area contributed by atoms with E-state index in [4.69, 9.17) is 0 Å². The Balaban J connectivity index is 2.11. The molecule has 2 rings (SSSR count). The van der Waals surface area contributed by atoms with E-state index in [-0.39, 0.29) is 5.16 Å². The largest absolute Gasteiger partial charge is 0.341 e. The molecule has 0 atom stereocenters. The zero-order chi connectivity index (χ0) is 14.0. The molecule has 0 radical (unpaired) electrons. The Kier molecular flexibility index (Phi) is 3.71. The Hall–Kier alpha value is -1.69. The first-order valence-electron chi connectivity index (χ1n) is 6.03. The van der Waals surface area contributed by atoms with Crippen LogP contribution in [0.1, 0.15) is 19.8 Å². The van der Waals surface area contributed by atoms with Crippen LogP contribution in [0.2, 0.25) is 0 Å². The lowest BCUT2D eigenvalue weighted by atomic mass is 10.1. The Labute approximate surface area is 113 Å². The van der Waals surface area contributed by atoms with Crippen molar-refractivity contribution in [1.82, 2.24) is 9.97 Å². The molecule has 5 nitrogen and oxygen atoms in total. The van der Waals surface area contributed by atoms with Crippen LogP contribution < -0.4 is 5.32 Å². The van der Waals surface area contributed by atoms with Gasteiger partial charge in [0, 0.05) is 18.1 Å². The van der Waals surface area contributed by atoms with Gasteiger partial charge in [-0.1, -0.05) is 12.2 Å². The van der Waals surface area contributed by atoms with E-state index in [2.05, 4.69) is 28.8 Å². The Morgan fingerprint density at radius 3 is 2.79 bits per heavy atom. The zero-order valence-electron chi connectivity index (χ0n) is 11.0. The molecule has 0 spiro atoms. The van der Waals surface area contributed by atoms with Gasteiger partial charge in [-0.25, -0.2) is 18.4 Å². The molecule has 102 valence electrons. The van der Waals surface area contributed by atoms with Crippen molar-refractivity contribution in [2.45, 2.75) is 24.9 Å². The highest BCUT2D eigenvalue weighted by atomic mass is 32.2. The highest BCUT2D eigenvalue weighted by molar-refractivity contribution is 7.90. The summed E-state index contributed by atoms with van der Waals surface area (Å²) in [5, 5.41) is 2.79. The molecule has 0 amide bonds. The SMILES string of the molecule is C=C(/C=C(\C)C1CC1)Nc1ccnc(S(C)(=O)=O)n1. The minimum absolute atomic E-state index is 0.187. The smallest absolute Gasteiger partial charge is 0.248 e. The van der Waals surface area contributed by atoms with E-state index in [9.17, 15) is 8.42 Å². The van der Waals surface area contributed by atoms with Gasteiger partial charge in [0.1, 0.15) is 5.82 Å². The number of rotatable bonds is 5. The Morgan fingerprint density at radius 1 is 1.53 bits per heavy atom. The van der Waals surface area contributed by atoms with Crippen LogP contribution in [0, 0.1) is 5.92 Å². The molecule has 19 heavy (non-hydrogen) atoms. The van der Waals surface area contributed by atoms with Crippen molar-refractivity contribution < 1.29 is 8.42 Å². The van der Waals surface area contributed by atoms with E-state index < -0.39 is 9.84 Å². The average Bonchev–Trinajstić information content (AvgIpc) is 3.11. The maximum Gasteiger partial charge on any atom is 0.248 e. The van der Waals surface area contributed by atoms with Crippen LogP contribution in [-0.2, 0) is 9.84 Å². The van der Waals surface area contributed by atoms with E-state index >= 15 is 0 Å². The number of hydrogen-bond acceptors (Lipinski definition) is 5. The summed E-state index contributed by atoms with van der Waals surface area (Å²) in [6.07, 6.45) is 6.94. The van der Waals surface area contributed by atoms with Crippen LogP contribution in [0.5, 0.6) is 0 Å². The second-order valence-corrected chi connectivity index (χ2v) is 6.72. The van der Waals surface area contributed by atoms with Crippen LogP contribution in [-0.4, -0.2) is 24.6 Å². The Morgan fingerprint density at radius 2 is 2.21 bits per heavy atom. The first-order chi connectivity index (χ1) is 8.86. The third-order valence-electron chi connectivity index (χ3n) is 2.88. The summed E-state index contributed by atoms with van der Waals surface area (Å²) >= 11 is 0. The molecule has 0 bridgehead atoms. The molecule has 0 aliphatic heterocycles. The topological polar surface area (TPSA) is 72.0 Å². The van der Waals surface area contributed by atoms with Gasteiger partial charge in [0.05, 0.1) is 0 Å². The van der Waals surface area contributed by atoms with Gasteiger partial charge in [-0.2, -0.15) is 0 Å². The van der Waals surface area contributed by atoms with E-state index in [0.717, 1.165) is 6.26 Å². The summed E-state index contributed by atoms with van der Waals surface area (Å²) in [5.41, 5.74) is 1.98. The normalized spacial score (nSPS) is 16.2. The molecule has 0 saturated heterocycles. The van der Waals surface area contributed by atoms with Gasteiger partial charge in [-0.3, -0.25) is 0 Å². The van der Waals surface area contributed by atoms with E-state index in [1.165, 1.54) is 24.6 Å². The molecular weight excluding hydrogens is 262 g/mol. The monoisotopic (exact) mass is 279 g/mol. The fourth-order valence-electron chi connectivity index (χ4n) is 1.72. The Bertz CT molecular complexity index is 631. The van der Waals surface area contributed by atoms with Gasteiger partial charge < -0.3 is 5.32 Å². The number of anilines is 1. The molecule has 1 aromatic heterocycles. The number of hydrogen-bond donors (Lipinski definition) is 1. The second kappa shape index (κ2) is 5.13. The summed E-state index contributed by atoms with van der Waals surface area (Å²) < 4.78 is 22.7. The third-order valence-corrected chi connectivity index (χ3v) is 3.74. The number of aromatic nitrogens is 2. The lowest BCUT2D eigenvalue weighted by Crippen LogP contribution is -2.07. The standard InChI is InChI=1S/C13H17N3O2S/c1-9(11-4-5-11)8-10(2)15-12-6-7-14-13(16-12)19(3,17)18/h6-8,11H,2,4-5H2,1,3H3,(H,14,15,16)/b9-8+. The fraction of sp³-hybridized carbons (Fsp3) is 0.385. The van der Waals surface area contributed by atoms with Crippen molar-refractivity contribution in [3.8, 4) is 0 Å². The molecule has 0 unspecified atom stereocenters. The van der Waals surface area contributed by atoms with E-state index in [1.807, 2.05) is 6.08 Å². The van der Waals surface area contributed by atoms with Gasteiger partial charge in [0.2, 0.25) is 15.0 Å². The summed E-state index contributed by atoms with van der Waals surface area (Å²) in [5.74, 6) is 1.11. The molecule has 0 aromatic carbocycles. The van der Waals surface area contributed by atoms with Crippen molar-refractivity contribution in [3.05, 3.63) is 36.2 Å². The highest BCUT2D eigenvalue weighted by Crippen LogP contribution is 2.36. The van der Waals surface area contributed by atoms with Gasteiger partial charge in [0.15, 0.2) is 0 Å². The van der Waals surface area contributed by atoms with Crippen molar-refractivity contribution in [3.63, 3.8) is 0 Å². The number of nitrogens with zero attached hydrogens (tertiary/aromatic N) is 2. The molecule has 1 saturated carbocycles. The van der Waals surface area contributed by atoms with Gasteiger partial charge in [0.25, 0.3) is 0 Å². The summed E-state index contributed by atoms with van der Waals surface area (Å²) in [6, 6.07) is 1.61. The predicted octanol–water partition coefficient (Wildman–Crippen LogP) is 2.16. The molecule has 1 fully saturated rings. The van der Waals surface area contributed by atoms with Crippen molar-refractivity contribution in [2.75, 3.05) is 11.6 Å². The minimum Gasteiger partial charge on any atom is -0.341 e. The van der Waals surface area contributed by atoms with Crippen molar-refractivity contribution in [2.24, 2.45) is 5.92 Å². The predicted molar refractivity (Wildman–Crippen MR) is 74.4 cm³/mol. The molecule has 6 heteroatoms. The van der Waals surface area contributed by atoms with Crippen LogP contribution >= 0.6 is 0 Å². The molecule has 1 heterocycles. The molecule has 1 aromatic rings. The van der Waals surface area contributed by atoms with Crippen LogP contribution in [0.15, 0.2) is 41.3 Å². The summed E-state index contributed by atoms with van der Waals surface area (Å²) in [6.45, 7) is 5.97. The second-order valence-electron chi connectivity index (χ2n) is 4.81. The highest BCUT2D eigenvalue weighted by Gasteiger charge is 2.22. The molecule has 1 aliphatic carbocycles. The minimum atomic E-state index is -3.39. The van der Waals surface area contributed by atoms with Gasteiger partial charge >= 0.3 is 0 Å². The van der Waals surface area contributed by atoms with Crippen molar-refractivity contribution >= 4 is 15.7 Å². The van der Waals surface area contributed by atoms with E-state index in [0.29, 0.717) is 17.4 Å². The lowest BCUT2D eigenvalue weighted by Gasteiger charge is -2.07. The average molecular weight is 279 g/mol. The van der Waals surface area contributed by atoms with Gasteiger partial charge in [-0.05, 0) is 37.8 Å². The maximum atomic E-state index is 11.4. The number of nitrogens with one attached hydrogen (secondary N) is 1. The number of allylic oxidation sites excluding steroid dienone is 2. The summed E-state index contributed by atoms with van der Waals surface area (Å²) in [7, 11) is -3.39. The van der Waals surface area contributed by atoms with Crippen molar-refractivity contribution in [1.29, 1.82) is 0 Å². The van der Waals surface area contributed by atoms with Crippen LogP contribution in [0.4, 0.5) is 5.82 Å². The quantitative estimate of drug-likeness (QED) is 0.660. The van der Waals surface area contributed by atoms with Crippen LogP contribution in [0.25, 0.3) is 0 Å². The number of sulfone groups is 1. The molecule has 1 aliphatic rings. The first-order valence-corrected chi connectivity index (χ1v) is 7.92. The van der Waals surface area contributed by atoms with Crippen LogP contribution in [0.3, 0.4) is 0 Å². The third kappa shape index (κ3) is 3.89. The van der Waals surface area contributed by atoms with Gasteiger partial charge in [-0.15, -0.1) is 0 Å². The molecule has 1 N–H and O–H groups in total. The zero-order valence-corrected chi connectivity index (χ0v) is 11.9. The molecular formula is C13H17N3O2S. The maximum absolute atomic E-state index is 11.4. The van der Waals surface area contributed by atoms with E-state index in [1.54, 1.807) is 6.07 Å². The summed E-state index contributed by atoms with van der Waals surface area (Å²) in [4.78, 5) is 7.68. The fourth-order valence-corrected chi connectivity index (χ4v) is 2.24.